The Morgan fingerprint density at radius 3 is 2.67 bits per heavy atom. The zero-order chi connectivity index (χ0) is 14.7. The lowest BCUT2D eigenvalue weighted by atomic mass is 10.3. The first kappa shape index (κ1) is 13.3. The molecular formula is C13H16N6O2. The third-order valence-electron chi connectivity index (χ3n) is 3.32. The Bertz CT molecular complexity index is 621. The molecule has 21 heavy (non-hydrogen) atoms. The van der Waals surface area contributed by atoms with Crippen LogP contribution < -0.4 is 10.2 Å². The van der Waals surface area contributed by atoms with Gasteiger partial charge in [0, 0.05) is 38.3 Å². The van der Waals surface area contributed by atoms with Crippen LogP contribution in [0, 0.1) is 6.92 Å². The van der Waals surface area contributed by atoms with Gasteiger partial charge in [-0.2, -0.15) is 0 Å². The minimum absolute atomic E-state index is 0.614. The van der Waals surface area contributed by atoms with E-state index < -0.39 is 0 Å². The average molecular weight is 288 g/mol. The van der Waals surface area contributed by atoms with Crippen molar-refractivity contribution in [3.63, 3.8) is 0 Å². The number of hydrogen-bond donors (Lipinski definition) is 1. The summed E-state index contributed by atoms with van der Waals surface area (Å²) in [5.41, 5.74) is 0. The van der Waals surface area contributed by atoms with E-state index in [1.165, 1.54) is 6.33 Å². The molecule has 3 rings (SSSR count). The third kappa shape index (κ3) is 3.10. The molecule has 0 atom stereocenters. The summed E-state index contributed by atoms with van der Waals surface area (Å²) in [6.07, 6.45) is 2.40. The summed E-state index contributed by atoms with van der Waals surface area (Å²) in [7, 11) is 0. The lowest BCUT2D eigenvalue weighted by molar-refractivity contribution is -0.118. The van der Waals surface area contributed by atoms with E-state index in [0.717, 1.165) is 31.1 Å². The highest BCUT2D eigenvalue weighted by Crippen LogP contribution is 2.19. The minimum Gasteiger partial charge on any atom is -0.360 e. The first-order chi connectivity index (χ1) is 10.2. The van der Waals surface area contributed by atoms with Crippen LogP contribution in [0.4, 0.5) is 17.5 Å². The molecule has 2 aromatic heterocycles. The Morgan fingerprint density at radius 1 is 1.19 bits per heavy atom. The van der Waals surface area contributed by atoms with E-state index in [9.17, 15) is 4.79 Å². The minimum atomic E-state index is 0.614. The first-order valence-corrected chi connectivity index (χ1v) is 6.71. The topological polar surface area (TPSA) is 87.4 Å². The molecular weight excluding hydrogens is 272 g/mol. The van der Waals surface area contributed by atoms with E-state index in [1.54, 1.807) is 11.0 Å². The Hall–Kier alpha value is -2.64. The fourth-order valence-corrected chi connectivity index (χ4v) is 2.20. The van der Waals surface area contributed by atoms with Gasteiger partial charge in [0.05, 0.1) is 0 Å². The number of anilines is 3. The van der Waals surface area contributed by atoms with Crippen molar-refractivity contribution in [1.29, 1.82) is 0 Å². The van der Waals surface area contributed by atoms with Gasteiger partial charge < -0.3 is 19.6 Å². The van der Waals surface area contributed by atoms with Gasteiger partial charge in [0.15, 0.2) is 5.82 Å². The highest BCUT2D eigenvalue weighted by molar-refractivity contribution is 5.56. The second-order valence-corrected chi connectivity index (χ2v) is 4.84. The van der Waals surface area contributed by atoms with Gasteiger partial charge in [-0.25, -0.2) is 9.97 Å². The molecule has 3 heterocycles. The summed E-state index contributed by atoms with van der Waals surface area (Å²) in [6, 6.07) is 3.66. The van der Waals surface area contributed by atoms with Gasteiger partial charge in [-0.3, -0.25) is 4.79 Å². The molecule has 0 aromatic carbocycles. The molecule has 1 aliphatic rings. The number of rotatable bonds is 4. The van der Waals surface area contributed by atoms with Gasteiger partial charge in [0.2, 0.25) is 6.41 Å². The molecule has 8 heteroatoms. The van der Waals surface area contributed by atoms with Crippen molar-refractivity contribution in [2.24, 2.45) is 0 Å². The van der Waals surface area contributed by atoms with Gasteiger partial charge in [-0.05, 0) is 6.92 Å². The molecule has 0 saturated carbocycles. The molecule has 0 unspecified atom stereocenters. The average Bonchev–Trinajstić information content (AvgIpc) is 2.93. The monoisotopic (exact) mass is 288 g/mol. The Labute approximate surface area is 121 Å². The van der Waals surface area contributed by atoms with Crippen LogP contribution in [0.1, 0.15) is 5.76 Å². The maximum Gasteiger partial charge on any atom is 0.209 e. The summed E-state index contributed by atoms with van der Waals surface area (Å²) in [4.78, 5) is 23.1. The maximum absolute atomic E-state index is 10.7. The number of carbonyl (C=O) groups excluding carboxylic acids is 1. The van der Waals surface area contributed by atoms with E-state index in [-0.39, 0.29) is 0 Å². The molecule has 0 aliphatic carbocycles. The number of amides is 1. The lowest BCUT2D eigenvalue weighted by Gasteiger charge is -2.33. The molecule has 2 aromatic rings. The van der Waals surface area contributed by atoms with E-state index in [1.807, 2.05) is 13.0 Å². The number of carbonyl (C=O) groups is 1. The largest absolute Gasteiger partial charge is 0.360 e. The first-order valence-electron chi connectivity index (χ1n) is 6.71. The van der Waals surface area contributed by atoms with Crippen LogP contribution in [0.2, 0.25) is 0 Å². The zero-order valence-electron chi connectivity index (χ0n) is 11.7. The predicted molar refractivity (Wildman–Crippen MR) is 76.4 cm³/mol. The van der Waals surface area contributed by atoms with E-state index >= 15 is 0 Å². The molecule has 0 radical (unpaired) electrons. The predicted octanol–water partition coefficient (Wildman–Crippen LogP) is 0.795. The number of nitrogens with zero attached hydrogens (tertiary/aromatic N) is 5. The molecule has 0 bridgehead atoms. The van der Waals surface area contributed by atoms with Gasteiger partial charge in [-0.15, -0.1) is 0 Å². The smallest absolute Gasteiger partial charge is 0.209 e. The van der Waals surface area contributed by atoms with Crippen molar-refractivity contribution < 1.29 is 9.32 Å². The molecule has 8 nitrogen and oxygen atoms in total. The SMILES string of the molecule is Cc1cc(Nc2cc(N3CCN(C=O)CC3)ncn2)no1. The molecule has 1 aliphatic heterocycles. The van der Waals surface area contributed by atoms with E-state index in [4.69, 9.17) is 4.52 Å². The highest BCUT2D eigenvalue weighted by atomic mass is 16.5. The van der Waals surface area contributed by atoms with Crippen LogP contribution in [-0.4, -0.2) is 52.6 Å². The van der Waals surface area contributed by atoms with Crippen LogP contribution in [0.3, 0.4) is 0 Å². The van der Waals surface area contributed by atoms with Crippen molar-refractivity contribution in [3.05, 3.63) is 24.2 Å². The normalized spacial score (nSPS) is 15.1. The number of hydrogen-bond acceptors (Lipinski definition) is 7. The summed E-state index contributed by atoms with van der Waals surface area (Å²) >= 11 is 0. The number of aryl methyl sites for hydroxylation is 1. The lowest BCUT2D eigenvalue weighted by Crippen LogP contribution is -2.46. The summed E-state index contributed by atoms with van der Waals surface area (Å²) < 4.78 is 5.00. The van der Waals surface area contributed by atoms with Crippen LogP contribution >= 0.6 is 0 Å². The van der Waals surface area contributed by atoms with Crippen LogP contribution in [0.5, 0.6) is 0 Å². The van der Waals surface area contributed by atoms with Crippen molar-refractivity contribution in [2.45, 2.75) is 6.92 Å². The van der Waals surface area contributed by atoms with Gasteiger partial charge in [0.25, 0.3) is 0 Å². The summed E-state index contributed by atoms with van der Waals surface area (Å²) in [5, 5.41) is 6.94. The molecule has 1 N–H and O–H groups in total. The van der Waals surface area contributed by atoms with Crippen molar-refractivity contribution in [1.82, 2.24) is 20.0 Å². The maximum atomic E-state index is 10.7. The standard InChI is InChI=1S/C13H16N6O2/c1-10-6-12(17-21-10)16-11-7-13(15-8-14-11)19-4-2-18(9-20)3-5-19/h6-9H,2-5H2,1H3,(H,14,15,16,17). The number of nitrogens with one attached hydrogen (secondary N) is 1. The fraction of sp³-hybridized carbons (Fsp3) is 0.385. The number of piperazine rings is 1. The molecule has 1 amide bonds. The molecule has 0 spiro atoms. The Kier molecular flexibility index (Phi) is 3.67. The van der Waals surface area contributed by atoms with Crippen LogP contribution in [-0.2, 0) is 4.79 Å². The number of aromatic nitrogens is 3. The van der Waals surface area contributed by atoms with Crippen molar-refractivity contribution in [3.8, 4) is 0 Å². The van der Waals surface area contributed by atoms with Crippen LogP contribution in [0.15, 0.2) is 23.0 Å². The summed E-state index contributed by atoms with van der Waals surface area (Å²) in [6.45, 7) is 4.77. The second-order valence-electron chi connectivity index (χ2n) is 4.84. The van der Waals surface area contributed by atoms with Crippen molar-refractivity contribution >= 4 is 23.9 Å². The highest BCUT2D eigenvalue weighted by Gasteiger charge is 2.17. The molecule has 110 valence electrons. The van der Waals surface area contributed by atoms with Gasteiger partial charge >= 0.3 is 0 Å². The van der Waals surface area contributed by atoms with Crippen LogP contribution in [0.25, 0.3) is 0 Å². The second kappa shape index (κ2) is 5.78. The Balaban J connectivity index is 1.70. The summed E-state index contributed by atoms with van der Waals surface area (Å²) in [5.74, 6) is 2.84. The molecule has 1 fully saturated rings. The third-order valence-corrected chi connectivity index (χ3v) is 3.32. The fourth-order valence-electron chi connectivity index (χ4n) is 2.20. The Morgan fingerprint density at radius 2 is 2.00 bits per heavy atom. The zero-order valence-corrected chi connectivity index (χ0v) is 11.7. The molecule has 1 saturated heterocycles. The van der Waals surface area contributed by atoms with E-state index in [2.05, 4.69) is 25.3 Å². The van der Waals surface area contributed by atoms with Crippen molar-refractivity contribution in [2.75, 3.05) is 36.4 Å². The quantitative estimate of drug-likeness (QED) is 0.832. The van der Waals surface area contributed by atoms with E-state index in [0.29, 0.717) is 24.7 Å². The van der Waals surface area contributed by atoms with Gasteiger partial charge in [0.1, 0.15) is 23.7 Å². The van der Waals surface area contributed by atoms with Gasteiger partial charge in [-0.1, -0.05) is 5.16 Å².